The first-order chi connectivity index (χ1) is 13.4. The Bertz CT molecular complexity index is 831. The maximum Gasteiger partial charge on any atom is 0.237 e. The zero-order chi connectivity index (χ0) is 20.1. The van der Waals surface area contributed by atoms with Crippen LogP contribution in [0.1, 0.15) is 19.4 Å². The molecule has 1 aliphatic rings. The summed E-state index contributed by atoms with van der Waals surface area (Å²) >= 11 is 0. The molecule has 0 saturated carbocycles. The molecule has 1 heterocycles. The highest BCUT2D eigenvalue weighted by Gasteiger charge is 2.40. The first kappa shape index (κ1) is 19.9. The number of para-hydroxylation sites is 1. The highest BCUT2D eigenvalue weighted by molar-refractivity contribution is 6.04. The van der Waals surface area contributed by atoms with Gasteiger partial charge in [-0.05, 0) is 31.5 Å². The fraction of sp³-hybridized carbons (Fsp3) is 0.364. The van der Waals surface area contributed by atoms with E-state index in [1.165, 1.54) is 6.07 Å². The molecule has 0 bridgehead atoms. The van der Waals surface area contributed by atoms with Crippen molar-refractivity contribution in [2.24, 2.45) is 5.41 Å². The van der Waals surface area contributed by atoms with Crippen LogP contribution in [0.25, 0.3) is 0 Å². The van der Waals surface area contributed by atoms with E-state index in [1.807, 2.05) is 35.2 Å². The molecule has 0 spiro atoms. The lowest BCUT2D eigenvalue weighted by Crippen LogP contribution is -2.55. The highest BCUT2D eigenvalue weighted by atomic mass is 19.1. The second-order valence-corrected chi connectivity index (χ2v) is 7.52. The standard InChI is InChI=1S/C22H26FN3O2/c1-22(2,20(27)24-16-17-8-4-3-5-9-17)21(28)26-14-12-25(13-15-26)19-11-7-6-10-18(19)23/h3-11H,12-16H2,1-2H3,(H,24,27). The first-order valence-electron chi connectivity index (χ1n) is 9.50. The maximum absolute atomic E-state index is 14.0. The number of rotatable bonds is 5. The largest absolute Gasteiger partial charge is 0.366 e. The van der Waals surface area contributed by atoms with E-state index in [-0.39, 0.29) is 17.6 Å². The number of carbonyl (C=O) groups excluding carboxylic acids is 2. The van der Waals surface area contributed by atoms with Crippen LogP contribution >= 0.6 is 0 Å². The van der Waals surface area contributed by atoms with Crippen LogP contribution in [0.3, 0.4) is 0 Å². The average Bonchev–Trinajstić information content (AvgIpc) is 2.72. The number of amides is 2. The SMILES string of the molecule is CC(C)(C(=O)NCc1ccccc1)C(=O)N1CCN(c2ccccc2F)CC1. The Morgan fingerprint density at radius 2 is 1.57 bits per heavy atom. The van der Waals surface area contributed by atoms with Crippen LogP contribution in [0.15, 0.2) is 54.6 Å². The van der Waals surface area contributed by atoms with Gasteiger partial charge in [0.1, 0.15) is 11.2 Å². The topological polar surface area (TPSA) is 52.7 Å². The maximum atomic E-state index is 14.0. The van der Waals surface area contributed by atoms with Crippen molar-refractivity contribution >= 4 is 17.5 Å². The lowest BCUT2D eigenvalue weighted by Gasteiger charge is -2.39. The second kappa shape index (κ2) is 8.42. The summed E-state index contributed by atoms with van der Waals surface area (Å²) in [5.74, 6) is -0.757. The van der Waals surface area contributed by atoms with E-state index in [1.54, 1.807) is 36.9 Å². The van der Waals surface area contributed by atoms with Gasteiger partial charge in [-0.1, -0.05) is 42.5 Å². The van der Waals surface area contributed by atoms with E-state index < -0.39 is 5.41 Å². The van der Waals surface area contributed by atoms with Crippen molar-refractivity contribution in [1.29, 1.82) is 0 Å². The number of benzene rings is 2. The van der Waals surface area contributed by atoms with Crippen LogP contribution in [0.5, 0.6) is 0 Å². The van der Waals surface area contributed by atoms with Gasteiger partial charge in [-0.15, -0.1) is 0 Å². The van der Waals surface area contributed by atoms with Gasteiger partial charge >= 0.3 is 0 Å². The normalized spacial score (nSPS) is 14.7. The minimum Gasteiger partial charge on any atom is -0.366 e. The molecule has 148 valence electrons. The van der Waals surface area contributed by atoms with E-state index >= 15 is 0 Å². The molecule has 1 N–H and O–H groups in total. The van der Waals surface area contributed by atoms with Crippen LogP contribution in [-0.2, 0) is 16.1 Å². The Labute approximate surface area is 165 Å². The predicted octanol–water partition coefficient (Wildman–Crippen LogP) is 2.82. The number of carbonyl (C=O) groups is 2. The monoisotopic (exact) mass is 383 g/mol. The third-order valence-corrected chi connectivity index (χ3v) is 5.16. The number of hydrogen-bond acceptors (Lipinski definition) is 3. The van der Waals surface area contributed by atoms with Gasteiger partial charge in [0, 0.05) is 32.7 Å². The summed E-state index contributed by atoms with van der Waals surface area (Å²) in [7, 11) is 0. The summed E-state index contributed by atoms with van der Waals surface area (Å²) in [5, 5.41) is 2.85. The summed E-state index contributed by atoms with van der Waals surface area (Å²) in [6.45, 7) is 5.68. The van der Waals surface area contributed by atoms with Crippen LogP contribution in [-0.4, -0.2) is 42.9 Å². The quantitative estimate of drug-likeness (QED) is 0.808. The van der Waals surface area contributed by atoms with Crippen molar-refractivity contribution in [3.05, 3.63) is 66.0 Å². The molecule has 6 heteroatoms. The van der Waals surface area contributed by atoms with Crippen LogP contribution < -0.4 is 10.2 Å². The third kappa shape index (κ3) is 4.32. The molecule has 3 rings (SSSR count). The molecule has 0 aliphatic carbocycles. The Morgan fingerprint density at radius 1 is 0.964 bits per heavy atom. The summed E-state index contributed by atoms with van der Waals surface area (Å²) in [6.07, 6.45) is 0. The minimum absolute atomic E-state index is 0.203. The molecule has 2 aromatic rings. The van der Waals surface area contributed by atoms with Gasteiger partial charge in [-0.25, -0.2) is 4.39 Å². The summed E-state index contributed by atoms with van der Waals surface area (Å²) in [4.78, 5) is 29.2. The smallest absolute Gasteiger partial charge is 0.237 e. The molecule has 2 amide bonds. The molecule has 2 aromatic carbocycles. The van der Waals surface area contributed by atoms with Crippen molar-refractivity contribution in [2.75, 3.05) is 31.1 Å². The van der Waals surface area contributed by atoms with Crippen molar-refractivity contribution in [3.8, 4) is 0 Å². The van der Waals surface area contributed by atoms with Gasteiger partial charge in [-0.3, -0.25) is 9.59 Å². The molecule has 5 nitrogen and oxygen atoms in total. The zero-order valence-corrected chi connectivity index (χ0v) is 16.3. The van der Waals surface area contributed by atoms with Crippen molar-refractivity contribution in [1.82, 2.24) is 10.2 Å². The Hall–Kier alpha value is -2.89. The van der Waals surface area contributed by atoms with Gasteiger partial charge < -0.3 is 15.1 Å². The van der Waals surface area contributed by atoms with E-state index in [9.17, 15) is 14.0 Å². The average molecular weight is 383 g/mol. The number of hydrogen-bond donors (Lipinski definition) is 1. The molecular formula is C22H26FN3O2. The van der Waals surface area contributed by atoms with Gasteiger partial charge in [0.25, 0.3) is 0 Å². The third-order valence-electron chi connectivity index (χ3n) is 5.16. The molecule has 28 heavy (non-hydrogen) atoms. The lowest BCUT2D eigenvalue weighted by molar-refractivity contribution is -0.148. The number of halogens is 1. The predicted molar refractivity (Wildman–Crippen MR) is 107 cm³/mol. The van der Waals surface area contributed by atoms with Gasteiger partial charge in [-0.2, -0.15) is 0 Å². The van der Waals surface area contributed by atoms with Crippen molar-refractivity contribution in [2.45, 2.75) is 20.4 Å². The van der Waals surface area contributed by atoms with Crippen molar-refractivity contribution in [3.63, 3.8) is 0 Å². The molecule has 1 fully saturated rings. The highest BCUT2D eigenvalue weighted by Crippen LogP contribution is 2.24. The Balaban J connectivity index is 1.57. The number of piperazine rings is 1. The lowest BCUT2D eigenvalue weighted by atomic mass is 9.89. The van der Waals surface area contributed by atoms with E-state index in [4.69, 9.17) is 0 Å². The molecular weight excluding hydrogens is 357 g/mol. The van der Waals surface area contributed by atoms with Gasteiger partial charge in [0.05, 0.1) is 5.69 Å². The fourth-order valence-electron chi connectivity index (χ4n) is 3.35. The van der Waals surface area contributed by atoms with E-state index in [0.717, 1.165) is 5.56 Å². The molecule has 1 aliphatic heterocycles. The number of anilines is 1. The minimum atomic E-state index is -1.16. The fourth-order valence-corrected chi connectivity index (χ4v) is 3.35. The van der Waals surface area contributed by atoms with E-state index in [2.05, 4.69) is 5.32 Å². The van der Waals surface area contributed by atoms with Gasteiger partial charge in [0.15, 0.2) is 0 Å². The Morgan fingerprint density at radius 3 is 2.21 bits per heavy atom. The second-order valence-electron chi connectivity index (χ2n) is 7.52. The van der Waals surface area contributed by atoms with Crippen LogP contribution in [0.2, 0.25) is 0 Å². The molecule has 0 radical (unpaired) electrons. The Kier molecular flexibility index (Phi) is 5.97. The molecule has 1 saturated heterocycles. The van der Waals surface area contributed by atoms with E-state index in [0.29, 0.717) is 38.4 Å². The summed E-state index contributed by atoms with van der Waals surface area (Å²) < 4.78 is 14.0. The van der Waals surface area contributed by atoms with Crippen LogP contribution in [0, 0.1) is 11.2 Å². The number of nitrogens with one attached hydrogen (secondary N) is 1. The molecule has 0 atom stereocenters. The molecule has 0 unspecified atom stereocenters. The van der Waals surface area contributed by atoms with Crippen molar-refractivity contribution < 1.29 is 14.0 Å². The first-order valence-corrected chi connectivity index (χ1v) is 9.50. The summed E-state index contributed by atoms with van der Waals surface area (Å²) in [6, 6.07) is 16.2. The van der Waals surface area contributed by atoms with Gasteiger partial charge in [0.2, 0.25) is 11.8 Å². The van der Waals surface area contributed by atoms with Crippen LogP contribution in [0.4, 0.5) is 10.1 Å². The summed E-state index contributed by atoms with van der Waals surface area (Å²) in [5.41, 5.74) is 0.377. The molecule has 0 aromatic heterocycles. The number of nitrogens with zero attached hydrogens (tertiary/aromatic N) is 2. The zero-order valence-electron chi connectivity index (χ0n) is 16.3.